The zero-order chi connectivity index (χ0) is 17.9. The number of benzene rings is 1. The van der Waals surface area contributed by atoms with E-state index in [1.807, 2.05) is 11.0 Å². The maximum atomic E-state index is 12.3. The number of halogens is 1. The molecule has 142 valence electrons. The number of rotatable bonds is 4. The number of hydrogen-bond donors (Lipinski definition) is 0. The molecule has 0 aliphatic carbocycles. The molecule has 3 aliphatic heterocycles. The fourth-order valence-corrected chi connectivity index (χ4v) is 4.28. The van der Waals surface area contributed by atoms with Crippen molar-refractivity contribution in [1.82, 2.24) is 14.7 Å². The molecular weight excluding hydrogens is 398 g/mol. The van der Waals surface area contributed by atoms with Gasteiger partial charge in [-0.25, -0.2) is 0 Å². The Morgan fingerprint density at radius 2 is 1.54 bits per heavy atom. The molecule has 1 aromatic carbocycles. The number of piperazine rings is 1. The minimum Gasteiger partial charge on any atom is -0.486 e. The Balaban J connectivity index is 1.29. The topological polar surface area (TPSA) is 45.3 Å². The van der Waals surface area contributed by atoms with Gasteiger partial charge in [0.05, 0.1) is 6.54 Å². The first-order valence-corrected chi connectivity index (χ1v) is 10.3. The van der Waals surface area contributed by atoms with E-state index < -0.39 is 0 Å². The van der Waals surface area contributed by atoms with Gasteiger partial charge in [-0.1, -0.05) is 15.9 Å². The minimum absolute atomic E-state index is 0.297. The predicted octanol–water partition coefficient (Wildman–Crippen LogP) is 1.96. The van der Waals surface area contributed by atoms with Crippen LogP contribution in [0.15, 0.2) is 16.6 Å². The smallest absolute Gasteiger partial charge is 0.236 e. The molecule has 6 nitrogen and oxygen atoms in total. The number of carbonyl (C=O) groups is 1. The van der Waals surface area contributed by atoms with Gasteiger partial charge in [-0.05, 0) is 30.5 Å². The van der Waals surface area contributed by atoms with Crippen LogP contribution < -0.4 is 9.47 Å². The van der Waals surface area contributed by atoms with Gasteiger partial charge in [0, 0.05) is 50.3 Å². The van der Waals surface area contributed by atoms with Crippen LogP contribution >= 0.6 is 15.9 Å². The van der Waals surface area contributed by atoms with Gasteiger partial charge in [0.1, 0.15) is 13.2 Å². The highest BCUT2D eigenvalue weighted by Crippen LogP contribution is 2.36. The summed E-state index contributed by atoms with van der Waals surface area (Å²) in [6, 6.07) is 4.09. The van der Waals surface area contributed by atoms with Crippen LogP contribution in [0.4, 0.5) is 0 Å². The van der Waals surface area contributed by atoms with Crippen molar-refractivity contribution in [3.8, 4) is 11.5 Å². The molecule has 7 heteroatoms. The standard InChI is InChI=1S/C19H26BrN3O3/c20-16-12-18-17(25-9-10-26-18)11-15(16)13-21-5-7-22(8-6-21)14-19(24)23-3-1-2-4-23/h11-12H,1-10,13-14H2. The molecule has 0 bridgehead atoms. The number of hydrogen-bond acceptors (Lipinski definition) is 5. The van der Waals surface area contributed by atoms with Gasteiger partial charge in [0.15, 0.2) is 11.5 Å². The average molecular weight is 424 g/mol. The maximum Gasteiger partial charge on any atom is 0.236 e. The summed E-state index contributed by atoms with van der Waals surface area (Å²) < 4.78 is 12.4. The highest BCUT2D eigenvalue weighted by molar-refractivity contribution is 9.10. The molecule has 2 saturated heterocycles. The molecule has 1 aromatic rings. The number of likely N-dealkylation sites (tertiary alicyclic amines) is 1. The number of ether oxygens (including phenoxy) is 2. The molecule has 0 N–H and O–H groups in total. The lowest BCUT2D eigenvalue weighted by Crippen LogP contribution is -2.49. The minimum atomic E-state index is 0.297. The van der Waals surface area contributed by atoms with Crippen molar-refractivity contribution in [3.05, 3.63) is 22.2 Å². The molecule has 4 rings (SSSR count). The molecule has 26 heavy (non-hydrogen) atoms. The number of fused-ring (bicyclic) bond motifs is 1. The molecule has 0 atom stereocenters. The van der Waals surface area contributed by atoms with E-state index >= 15 is 0 Å². The van der Waals surface area contributed by atoms with Crippen molar-refractivity contribution >= 4 is 21.8 Å². The fourth-order valence-electron chi connectivity index (χ4n) is 3.83. The maximum absolute atomic E-state index is 12.3. The van der Waals surface area contributed by atoms with Crippen LogP contribution in [0.2, 0.25) is 0 Å². The van der Waals surface area contributed by atoms with Crippen molar-refractivity contribution in [2.45, 2.75) is 19.4 Å². The molecule has 3 aliphatic rings. The summed E-state index contributed by atoms with van der Waals surface area (Å²) in [7, 11) is 0. The quantitative estimate of drug-likeness (QED) is 0.740. The van der Waals surface area contributed by atoms with Gasteiger partial charge in [0.2, 0.25) is 5.91 Å². The van der Waals surface area contributed by atoms with E-state index in [0.717, 1.165) is 74.6 Å². The molecule has 2 fully saturated rings. The van der Waals surface area contributed by atoms with E-state index in [2.05, 4.69) is 31.8 Å². The average Bonchev–Trinajstić information content (AvgIpc) is 3.19. The number of nitrogens with zero attached hydrogens (tertiary/aromatic N) is 3. The van der Waals surface area contributed by atoms with Crippen molar-refractivity contribution in [3.63, 3.8) is 0 Å². The third-order valence-corrected chi connectivity index (χ3v) is 6.13. The molecule has 0 unspecified atom stereocenters. The van der Waals surface area contributed by atoms with E-state index in [4.69, 9.17) is 9.47 Å². The zero-order valence-corrected chi connectivity index (χ0v) is 16.7. The summed E-state index contributed by atoms with van der Waals surface area (Å²) in [4.78, 5) is 19.0. The second-order valence-corrected chi connectivity index (χ2v) is 8.08. The largest absolute Gasteiger partial charge is 0.486 e. The van der Waals surface area contributed by atoms with Crippen LogP contribution in [-0.4, -0.2) is 79.6 Å². The molecule has 3 heterocycles. The number of amides is 1. The Labute approximate surface area is 163 Å². The summed E-state index contributed by atoms with van der Waals surface area (Å²) in [5, 5.41) is 0. The normalized spacial score (nSPS) is 21.2. The molecule has 0 radical (unpaired) electrons. The van der Waals surface area contributed by atoms with Gasteiger partial charge < -0.3 is 14.4 Å². The molecule has 1 amide bonds. The molecule has 0 aromatic heterocycles. The van der Waals surface area contributed by atoms with Crippen molar-refractivity contribution in [2.24, 2.45) is 0 Å². The fraction of sp³-hybridized carbons (Fsp3) is 0.632. The van der Waals surface area contributed by atoms with Crippen molar-refractivity contribution in [2.75, 3.05) is 59.0 Å². The molecule has 0 spiro atoms. The van der Waals surface area contributed by atoms with E-state index in [0.29, 0.717) is 25.7 Å². The van der Waals surface area contributed by atoms with Gasteiger partial charge in [-0.2, -0.15) is 0 Å². The van der Waals surface area contributed by atoms with Crippen LogP contribution in [0.25, 0.3) is 0 Å². The van der Waals surface area contributed by atoms with Gasteiger partial charge in [-0.3, -0.25) is 14.6 Å². The summed E-state index contributed by atoms with van der Waals surface area (Å²) >= 11 is 3.66. The Kier molecular flexibility index (Phi) is 5.66. The zero-order valence-electron chi connectivity index (χ0n) is 15.1. The van der Waals surface area contributed by atoms with Crippen LogP contribution in [0.3, 0.4) is 0 Å². The summed E-state index contributed by atoms with van der Waals surface area (Å²) in [6.45, 7) is 8.40. The summed E-state index contributed by atoms with van der Waals surface area (Å²) in [5.41, 5.74) is 1.22. The predicted molar refractivity (Wildman–Crippen MR) is 103 cm³/mol. The SMILES string of the molecule is O=C(CN1CCN(Cc2cc3c(cc2Br)OCCO3)CC1)N1CCCC1. The lowest BCUT2D eigenvalue weighted by Gasteiger charge is -2.35. The van der Waals surface area contributed by atoms with Crippen molar-refractivity contribution in [1.29, 1.82) is 0 Å². The van der Waals surface area contributed by atoms with Crippen molar-refractivity contribution < 1.29 is 14.3 Å². The van der Waals surface area contributed by atoms with E-state index in [1.165, 1.54) is 5.56 Å². The summed E-state index contributed by atoms with van der Waals surface area (Å²) in [5.74, 6) is 1.95. The second kappa shape index (κ2) is 8.15. The van der Waals surface area contributed by atoms with Gasteiger partial charge in [-0.15, -0.1) is 0 Å². The highest BCUT2D eigenvalue weighted by atomic mass is 79.9. The Morgan fingerprint density at radius 3 is 2.23 bits per heavy atom. The Bertz CT molecular complexity index is 656. The third-order valence-electron chi connectivity index (χ3n) is 5.39. The lowest BCUT2D eigenvalue weighted by atomic mass is 10.1. The number of carbonyl (C=O) groups excluding carboxylic acids is 1. The first-order chi connectivity index (χ1) is 12.7. The summed E-state index contributed by atoms with van der Waals surface area (Å²) in [6.07, 6.45) is 2.31. The molecular formula is C19H26BrN3O3. The van der Waals surface area contributed by atoms with Gasteiger partial charge >= 0.3 is 0 Å². The van der Waals surface area contributed by atoms with E-state index in [-0.39, 0.29) is 0 Å². The molecule has 0 saturated carbocycles. The first-order valence-electron chi connectivity index (χ1n) is 9.49. The van der Waals surface area contributed by atoms with Crippen LogP contribution in [0, 0.1) is 0 Å². The highest BCUT2D eigenvalue weighted by Gasteiger charge is 2.24. The van der Waals surface area contributed by atoms with Crippen LogP contribution in [-0.2, 0) is 11.3 Å². The van der Waals surface area contributed by atoms with Crippen LogP contribution in [0.1, 0.15) is 18.4 Å². The first kappa shape index (κ1) is 18.1. The van der Waals surface area contributed by atoms with E-state index in [1.54, 1.807) is 0 Å². The Morgan fingerprint density at radius 1 is 0.923 bits per heavy atom. The second-order valence-electron chi connectivity index (χ2n) is 7.23. The van der Waals surface area contributed by atoms with Gasteiger partial charge in [0.25, 0.3) is 0 Å². The van der Waals surface area contributed by atoms with Crippen LogP contribution in [0.5, 0.6) is 11.5 Å². The Hall–Kier alpha value is -1.31. The lowest BCUT2D eigenvalue weighted by molar-refractivity contribution is -0.131. The van der Waals surface area contributed by atoms with E-state index in [9.17, 15) is 4.79 Å². The third kappa shape index (κ3) is 4.15. The monoisotopic (exact) mass is 423 g/mol.